The van der Waals surface area contributed by atoms with Crippen LogP contribution >= 0.6 is 0 Å². The number of nitrogens with one attached hydrogen (secondary N) is 1. The number of hydrogen-bond donors (Lipinski definition) is 2. The summed E-state index contributed by atoms with van der Waals surface area (Å²) in [6, 6.07) is 16.2. The lowest BCUT2D eigenvalue weighted by Gasteiger charge is -2.21. The van der Waals surface area contributed by atoms with E-state index >= 15 is 0 Å². The first-order chi connectivity index (χ1) is 15.8. The minimum absolute atomic E-state index is 0.0310. The largest absolute Gasteiger partial charge is 0.481 e. The molecule has 0 spiro atoms. The maximum absolute atomic E-state index is 12.3. The van der Waals surface area contributed by atoms with Gasteiger partial charge in [0, 0.05) is 19.0 Å². The summed E-state index contributed by atoms with van der Waals surface area (Å²) in [6.07, 6.45) is -0.605. The van der Waals surface area contributed by atoms with Crippen LogP contribution in [-0.2, 0) is 14.3 Å². The fourth-order valence-electron chi connectivity index (χ4n) is 4.55. The number of ether oxygens (including phenoxy) is 1. The number of carbonyl (C=O) groups excluding carboxylic acids is 2. The van der Waals surface area contributed by atoms with Gasteiger partial charge in [-0.1, -0.05) is 61.4 Å². The van der Waals surface area contributed by atoms with Gasteiger partial charge in [-0.15, -0.1) is 0 Å². The zero-order valence-electron chi connectivity index (χ0n) is 18.6. The molecule has 0 saturated carbocycles. The van der Waals surface area contributed by atoms with E-state index in [2.05, 4.69) is 29.3 Å². The lowest BCUT2D eigenvalue weighted by molar-refractivity contribution is -0.149. The van der Waals surface area contributed by atoms with Crippen molar-refractivity contribution in [1.82, 2.24) is 10.2 Å². The molecule has 4 rings (SSSR count). The lowest BCUT2D eigenvalue weighted by Crippen LogP contribution is -2.36. The number of nitrogens with zero attached hydrogens (tertiary/aromatic N) is 1. The van der Waals surface area contributed by atoms with Crippen LogP contribution in [0.5, 0.6) is 0 Å². The molecule has 1 saturated heterocycles. The van der Waals surface area contributed by atoms with Crippen LogP contribution in [0.25, 0.3) is 11.1 Å². The van der Waals surface area contributed by atoms with Crippen molar-refractivity contribution in [3.63, 3.8) is 0 Å². The Bertz CT molecular complexity index is 1120. The van der Waals surface area contributed by atoms with Crippen molar-refractivity contribution in [2.24, 2.45) is 11.3 Å². The Balaban J connectivity index is 1.28. The van der Waals surface area contributed by atoms with Crippen LogP contribution in [0.4, 0.5) is 4.79 Å². The minimum Gasteiger partial charge on any atom is -0.481 e. The molecule has 7 heteroatoms. The molecule has 2 aliphatic rings. The molecular formula is C26H26N2O5. The summed E-state index contributed by atoms with van der Waals surface area (Å²) in [7, 11) is 0. The molecule has 2 N–H and O–H groups in total. The number of benzene rings is 2. The molecule has 1 heterocycles. The van der Waals surface area contributed by atoms with Crippen LogP contribution in [0, 0.1) is 23.2 Å². The maximum Gasteiger partial charge on any atom is 0.407 e. The first-order valence-electron chi connectivity index (χ1n) is 10.9. The molecule has 1 aliphatic heterocycles. The molecule has 2 amide bonds. The zero-order chi connectivity index (χ0) is 23.6. The van der Waals surface area contributed by atoms with Crippen molar-refractivity contribution in [3.8, 4) is 23.0 Å². The molecule has 170 valence electrons. The van der Waals surface area contributed by atoms with Crippen molar-refractivity contribution in [3.05, 3.63) is 59.7 Å². The van der Waals surface area contributed by atoms with Crippen molar-refractivity contribution in [2.45, 2.75) is 19.8 Å². The summed E-state index contributed by atoms with van der Waals surface area (Å²) in [5, 5.41) is 12.0. The number of carboxylic acid groups (broad SMARTS) is 1. The quantitative estimate of drug-likeness (QED) is 0.704. The number of rotatable bonds is 4. The molecule has 2 atom stereocenters. The summed E-state index contributed by atoms with van der Waals surface area (Å²) < 4.78 is 5.44. The second-order valence-electron chi connectivity index (χ2n) is 8.79. The Kier molecular flexibility index (Phi) is 6.10. The molecule has 1 aliphatic carbocycles. The van der Waals surface area contributed by atoms with Gasteiger partial charge in [-0.2, -0.15) is 0 Å². The molecule has 2 aromatic rings. The standard InChI is InChI=1S/C26H26N2O5/c1-17-14-28(16-26(17,2)24(30)31)23(29)12-7-13-27-25(32)33-15-22-20-10-5-3-8-18(20)19-9-4-6-11-21(19)22/h3-6,8-11,17,22H,13-16H2,1-2H3,(H,27,32)(H,30,31)/t17-,26-/m0/s1. The van der Waals surface area contributed by atoms with Gasteiger partial charge in [0.15, 0.2) is 0 Å². The fraction of sp³-hybridized carbons (Fsp3) is 0.346. The number of hydrogen-bond acceptors (Lipinski definition) is 4. The van der Waals surface area contributed by atoms with Gasteiger partial charge in [0.25, 0.3) is 5.91 Å². The third kappa shape index (κ3) is 4.29. The van der Waals surface area contributed by atoms with Crippen LogP contribution in [0.3, 0.4) is 0 Å². The van der Waals surface area contributed by atoms with E-state index in [1.807, 2.05) is 43.3 Å². The Morgan fingerprint density at radius 2 is 1.73 bits per heavy atom. The second kappa shape index (κ2) is 8.99. The van der Waals surface area contributed by atoms with Gasteiger partial charge < -0.3 is 20.1 Å². The Hall–Kier alpha value is -3.79. The van der Waals surface area contributed by atoms with Crippen LogP contribution < -0.4 is 5.32 Å². The van der Waals surface area contributed by atoms with Gasteiger partial charge in [-0.3, -0.25) is 9.59 Å². The highest BCUT2D eigenvalue weighted by atomic mass is 16.5. The highest BCUT2D eigenvalue weighted by Gasteiger charge is 2.47. The predicted octanol–water partition coefficient (Wildman–Crippen LogP) is 3.10. The molecule has 0 bridgehead atoms. The number of carbonyl (C=O) groups is 3. The number of aliphatic carboxylic acids is 1. The molecule has 2 aromatic carbocycles. The Morgan fingerprint density at radius 1 is 1.12 bits per heavy atom. The molecule has 7 nitrogen and oxygen atoms in total. The third-order valence-electron chi connectivity index (χ3n) is 6.74. The summed E-state index contributed by atoms with van der Waals surface area (Å²) in [5.41, 5.74) is 3.59. The molecule has 33 heavy (non-hydrogen) atoms. The number of alkyl carbamates (subject to hydrolysis) is 1. The first-order valence-corrected chi connectivity index (χ1v) is 10.9. The van der Waals surface area contributed by atoms with Gasteiger partial charge in [0.1, 0.15) is 6.61 Å². The molecule has 1 fully saturated rings. The normalized spacial score (nSPS) is 20.9. The minimum atomic E-state index is -0.975. The van der Waals surface area contributed by atoms with E-state index < -0.39 is 23.4 Å². The van der Waals surface area contributed by atoms with Gasteiger partial charge >= 0.3 is 12.1 Å². The topological polar surface area (TPSA) is 95.9 Å². The molecule has 0 unspecified atom stereocenters. The predicted molar refractivity (Wildman–Crippen MR) is 122 cm³/mol. The summed E-state index contributed by atoms with van der Waals surface area (Å²) >= 11 is 0. The van der Waals surface area contributed by atoms with E-state index in [4.69, 9.17) is 4.74 Å². The SMILES string of the molecule is C[C@H]1CN(C(=O)C#CCNC(=O)OCC2c3ccccc3-c3ccccc32)C[C@]1(C)C(=O)O. The lowest BCUT2D eigenvalue weighted by atomic mass is 9.81. The third-order valence-corrected chi connectivity index (χ3v) is 6.74. The van der Waals surface area contributed by atoms with Crippen LogP contribution in [-0.4, -0.2) is 54.2 Å². The van der Waals surface area contributed by atoms with Gasteiger partial charge in [0.2, 0.25) is 0 Å². The van der Waals surface area contributed by atoms with Crippen LogP contribution in [0.2, 0.25) is 0 Å². The summed E-state index contributed by atoms with van der Waals surface area (Å²) in [6.45, 7) is 4.08. The number of fused-ring (bicyclic) bond motifs is 3. The van der Waals surface area contributed by atoms with Crippen LogP contribution in [0.1, 0.15) is 30.9 Å². The van der Waals surface area contributed by atoms with E-state index in [1.54, 1.807) is 6.92 Å². The van der Waals surface area contributed by atoms with Crippen molar-refractivity contribution >= 4 is 18.0 Å². The van der Waals surface area contributed by atoms with Gasteiger partial charge in [-0.25, -0.2) is 4.79 Å². The first kappa shape index (κ1) is 22.4. The van der Waals surface area contributed by atoms with Gasteiger partial charge in [-0.05, 0) is 41.0 Å². The highest BCUT2D eigenvalue weighted by molar-refractivity contribution is 5.94. The number of likely N-dealkylation sites (tertiary alicyclic amines) is 1. The van der Waals surface area contributed by atoms with Crippen molar-refractivity contribution in [2.75, 3.05) is 26.2 Å². The Labute approximate surface area is 192 Å². The maximum atomic E-state index is 12.3. The highest BCUT2D eigenvalue weighted by Crippen LogP contribution is 2.44. The zero-order valence-corrected chi connectivity index (χ0v) is 18.6. The van der Waals surface area contributed by atoms with E-state index in [0.29, 0.717) is 6.54 Å². The van der Waals surface area contributed by atoms with E-state index in [9.17, 15) is 19.5 Å². The molecule has 0 aromatic heterocycles. The Morgan fingerprint density at radius 3 is 2.30 bits per heavy atom. The molecule has 0 radical (unpaired) electrons. The monoisotopic (exact) mass is 446 g/mol. The average Bonchev–Trinajstić information content (AvgIpc) is 3.30. The smallest absolute Gasteiger partial charge is 0.407 e. The fourth-order valence-corrected chi connectivity index (χ4v) is 4.55. The van der Waals surface area contributed by atoms with Crippen LogP contribution in [0.15, 0.2) is 48.5 Å². The average molecular weight is 447 g/mol. The van der Waals surface area contributed by atoms with Crippen molar-refractivity contribution in [1.29, 1.82) is 0 Å². The van der Waals surface area contributed by atoms with E-state index in [0.717, 1.165) is 22.3 Å². The number of amides is 2. The second-order valence-corrected chi connectivity index (χ2v) is 8.79. The summed E-state index contributed by atoms with van der Waals surface area (Å²) in [4.78, 5) is 37.4. The molecular weight excluding hydrogens is 420 g/mol. The van der Waals surface area contributed by atoms with E-state index in [-0.39, 0.29) is 31.5 Å². The van der Waals surface area contributed by atoms with E-state index in [1.165, 1.54) is 4.90 Å². The summed E-state index contributed by atoms with van der Waals surface area (Å²) in [5.74, 6) is 3.53. The van der Waals surface area contributed by atoms with Crippen molar-refractivity contribution < 1.29 is 24.2 Å². The van der Waals surface area contributed by atoms with Gasteiger partial charge in [0.05, 0.1) is 12.0 Å². The number of carboxylic acids is 1.